The number of hydrogen-bond donors (Lipinski definition) is 1. The fourth-order valence-electron chi connectivity index (χ4n) is 3.53. The summed E-state index contributed by atoms with van der Waals surface area (Å²) in [5.41, 5.74) is 0.268. The van der Waals surface area contributed by atoms with Crippen molar-refractivity contribution in [1.29, 1.82) is 0 Å². The largest absolute Gasteiger partial charge is 0.481 e. The molecule has 1 aliphatic heterocycles. The predicted molar refractivity (Wildman–Crippen MR) is 85.5 cm³/mol. The van der Waals surface area contributed by atoms with Gasteiger partial charge in [-0.15, -0.1) is 0 Å². The summed E-state index contributed by atoms with van der Waals surface area (Å²) in [7, 11) is 0. The third-order valence-corrected chi connectivity index (χ3v) is 4.80. The van der Waals surface area contributed by atoms with Gasteiger partial charge in [0.1, 0.15) is 0 Å². The van der Waals surface area contributed by atoms with E-state index in [0.29, 0.717) is 18.8 Å². The molecular weight excluding hydrogens is 262 g/mol. The number of piperidine rings is 1. The maximum absolute atomic E-state index is 11.9. The van der Waals surface area contributed by atoms with Crippen molar-refractivity contribution in [2.75, 3.05) is 19.6 Å². The second-order valence-electron chi connectivity index (χ2n) is 6.45. The summed E-state index contributed by atoms with van der Waals surface area (Å²) in [4.78, 5) is 14.3. The molecule has 1 saturated heterocycles. The van der Waals surface area contributed by atoms with Crippen LogP contribution in [0.3, 0.4) is 0 Å². The Morgan fingerprint density at radius 2 is 1.90 bits per heavy atom. The molecule has 0 spiro atoms. The zero-order valence-corrected chi connectivity index (χ0v) is 13.2. The molecule has 1 N–H and O–H groups in total. The van der Waals surface area contributed by atoms with Crippen LogP contribution < -0.4 is 0 Å². The Labute approximate surface area is 128 Å². The lowest BCUT2D eigenvalue weighted by Gasteiger charge is -2.40. The molecule has 1 heterocycles. The topological polar surface area (TPSA) is 40.5 Å². The highest BCUT2D eigenvalue weighted by Crippen LogP contribution is 2.36. The van der Waals surface area contributed by atoms with Crippen molar-refractivity contribution < 1.29 is 9.90 Å². The third kappa shape index (κ3) is 3.65. The van der Waals surface area contributed by atoms with Gasteiger partial charge < -0.3 is 10.0 Å². The van der Waals surface area contributed by atoms with E-state index in [4.69, 9.17) is 0 Å². The van der Waals surface area contributed by atoms with Gasteiger partial charge in [-0.2, -0.15) is 0 Å². The third-order valence-electron chi connectivity index (χ3n) is 4.80. The number of rotatable bonds is 6. The van der Waals surface area contributed by atoms with Gasteiger partial charge in [0.25, 0.3) is 0 Å². The van der Waals surface area contributed by atoms with Crippen LogP contribution >= 0.6 is 0 Å². The van der Waals surface area contributed by atoms with E-state index in [0.717, 1.165) is 25.2 Å². The molecule has 0 saturated carbocycles. The summed E-state index contributed by atoms with van der Waals surface area (Å²) in [5.74, 6) is 0.0269. The first kappa shape index (κ1) is 16.0. The lowest BCUT2D eigenvalue weighted by atomic mass is 9.72. The Morgan fingerprint density at radius 3 is 2.43 bits per heavy atom. The Kier molecular flexibility index (Phi) is 5.40. The summed E-state index contributed by atoms with van der Waals surface area (Å²) < 4.78 is 0. The molecule has 0 bridgehead atoms. The second-order valence-corrected chi connectivity index (χ2v) is 6.45. The highest BCUT2D eigenvalue weighted by atomic mass is 16.4. The molecule has 3 heteroatoms. The minimum Gasteiger partial charge on any atom is -0.481 e. The van der Waals surface area contributed by atoms with Gasteiger partial charge in [0, 0.05) is 6.54 Å². The first-order valence-corrected chi connectivity index (χ1v) is 8.10. The number of nitrogens with zero attached hydrogens (tertiary/aromatic N) is 1. The van der Waals surface area contributed by atoms with E-state index < -0.39 is 11.4 Å². The smallest absolute Gasteiger partial charge is 0.314 e. The summed E-state index contributed by atoms with van der Waals surface area (Å²) in [6.07, 6.45) is 3.90. The quantitative estimate of drug-likeness (QED) is 0.870. The Bertz CT molecular complexity index is 450. The molecule has 1 unspecified atom stereocenters. The highest BCUT2D eigenvalue weighted by Gasteiger charge is 2.42. The van der Waals surface area contributed by atoms with Crippen LogP contribution in [0.2, 0.25) is 0 Å². The maximum atomic E-state index is 11.9. The van der Waals surface area contributed by atoms with E-state index >= 15 is 0 Å². The lowest BCUT2D eigenvalue weighted by Crippen LogP contribution is -2.48. The number of likely N-dealkylation sites (tertiary alicyclic amines) is 1. The average Bonchev–Trinajstić information content (AvgIpc) is 2.49. The van der Waals surface area contributed by atoms with Gasteiger partial charge in [0.05, 0.1) is 5.41 Å². The molecule has 0 aromatic heterocycles. The molecular formula is C18H27NO2. The van der Waals surface area contributed by atoms with Crippen LogP contribution in [0.25, 0.3) is 0 Å². The second kappa shape index (κ2) is 7.08. The standard InChI is InChI=1S/C18H27NO2/c1-3-7-15(2)14-19-12-10-18(11-13-19,17(20)21)16-8-5-4-6-9-16/h4-6,8-9,15H,3,7,10-14H2,1-2H3,(H,20,21). The number of carbonyl (C=O) groups is 1. The molecule has 2 rings (SSSR count). The van der Waals surface area contributed by atoms with E-state index in [2.05, 4.69) is 18.7 Å². The van der Waals surface area contributed by atoms with Crippen molar-refractivity contribution >= 4 is 5.97 Å². The number of hydrogen-bond acceptors (Lipinski definition) is 2. The Morgan fingerprint density at radius 1 is 1.29 bits per heavy atom. The van der Waals surface area contributed by atoms with Gasteiger partial charge in [0.15, 0.2) is 0 Å². The van der Waals surface area contributed by atoms with Crippen LogP contribution in [0.15, 0.2) is 30.3 Å². The van der Waals surface area contributed by atoms with Crippen LogP contribution in [-0.4, -0.2) is 35.6 Å². The number of aliphatic carboxylic acids is 1. The molecule has 0 radical (unpaired) electrons. The van der Waals surface area contributed by atoms with Gasteiger partial charge in [-0.05, 0) is 43.8 Å². The molecule has 116 valence electrons. The first-order valence-electron chi connectivity index (χ1n) is 8.10. The van der Waals surface area contributed by atoms with Crippen molar-refractivity contribution in [3.05, 3.63) is 35.9 Å². The minimum absolute atomic E-state index is 0.671. The van der Waals surface area contributed by atoms with Crippen molar-refractivity contribution in [1.82, 2.24) is 4.90 Å². The fourth-order valence-corrected chi connectivity index (χ4v) is 3.53. The number of benzene rings is 1. The molecule has 1 fully saturated rings. The van der Waals surface area contributed by atoms with Crippen molar-refractivity contribution in [2.45, 2.75) is 44.9 Å². The van der Waals surface area contributed by atoms with Crippen LogP contribution in [0.1, 0.15) is 45.1 Å². The summed E-state index contributed by atoms with van der Waals surface area (Å²) in [6.45, 7) is 7.38. The first-order chi connectivity index (χ1) is 10.1. The zero-order chi connectivity index (χ0) is 15.3. The van der Waals surface area contributed by atoms with E-state index in [1.54, 1.807) is 0 Å². The van der Waals surface area contributed by atoms with E-state index in [-0.39, 0.29) is 0 Å². The molecule has 3 nitrogen and oxygen atoms in total. The van der Waals surface area contributed by atoms with E-state index in [1.165, 1.54) is 12.8 Å². The van der Waals surface area contributed by atoms with Crippen molar-refractivity contribution in [3.63, 3.8) is 0 Å². The zero-order valence-electron chi connectivity index (χ0n) is 13.2. The number of carboxylic acid groups (broad SMARTS) is 1. The van der Waals surface area contributed by atoms with E-state index in [9.17, 15) is 9.90 Å². The fraction of sp³-hybridized carbons (Fsp3) is 0.611. The van der Waals surface area contributed by atoms with Gasteiger partial charge >= 0.3 is 5.97 Å². The van der Waals surface area contributed by atoms with Crippen LogP contribution in [0.4, 0.5) is 0 Å². The normalized spacial score (nSPS) is 20.1. The molecule has 1 aliphatic rings. The van der Waals surface area contributed by atoms with E-state index in [1.807, 2.05) is 30.3 Å². The summed E-state index contributed by atoms with van der Waals surface area (Å²) >= 11 is 0. The van der Waals surface area contributed by atoms with Crippen LogP contribution in [0, 0.1) is 5.92 Å². The minimum atomic E-state index is -0.689. The molecule has 1 aromatic rings. The number of carboxylic acids is 1. The highest BCUT2D eigenvalue weighted by molar-refractivity contribution is 5.81. The van der Waals surface area contributed by atoms with Crippen LogP contribution in [0.5, 0.6) is 0 Å². The van der Waals surface area contributed by atoms with Gasteiger partial charge in [0.2, 0.25) is 0 Å². The molecule has 0 amide bonds. The summed E-state index contributed by atoms with van der Waals surface area (Å²) in [5, 5.41) is 9.78. The predicted octanol–water partition coefficient (Wildman–Crippen LogP) is 3.54. The molecule has 1 aromatic carbocycles. The lowest BCUT2D eigenvalue weighted by molar-refractivity contribution is -0.146. The Hall–Kier alpha value is -1.35. The van der Waals surface area contributed by atoms with Crippen molar-refractivity contribution in [2.24, 2.45) is 5.92 Å². The SMILES string of the molecule is CCCC(C)CN1CCC(C(=O)O)(c2ccccc2)CC1. The van der Waals surface area contributed by atoms with Crippen molar-refractivity contribution in [3.8, 4) is 0 Å². The molecule has 21 heavy (non-hydrogen) atoms. The average molecular weight is 289 g/mol. The Balaban J connectivity index is 2.04. The van der Waals surface area contributed by atoms with Gasteiger partial charge in [-0.1, -0.05) is 50.6 Å². The monoisotopic (exact) mass is 289 g/mol. The maximum Gasteiger partial charge on any atom is 0.314 e. The van der Waals surface area contributed by atoms with Crippen LogP contribution in [-0.2, 0) is 10.2 Å². The van der Waals surface area contributed by atoms with Gasteiger partial charge in [-0.25, -0.2) is 0 Å². The molecule has 0 aliphatic carbocycles. The van der Waals surface area contributed by atoms with Gasteiger partial charge in [-0.3, -0.25) is 4.79 Å². The summed E-state index contributed by atoms with van der Waals surface area (Å²) in [6, 6.07) is 9.75. The molecule has 1 atom stereocenters.